The lowest BCUT2D eigenvalue weighted by atomic mass is 10.0. The Balaban J connectivity index is 2.29. The van der Waals surface area contributed by atoms with E-state index in [9.17, 15) is 39.6 Å². The number of rotatable bonds is 23. The molecule has 1 aromatic rings. The van der Waals surface area contributed by atoms with Crippen LogP contribution >= 0.6 is 0 Å². The van der Waals surface area contributed by atoms with Crippen LogP contribution in [0.5, 0.6) is 5.75 Å². The van der Waals surface area contributed by atoms with Gasteiger partial charge in [-0.1, -0.05) is 12.1 Å². The van der Waals surface area contributed by atoms with Crippen LogP contribution in [0.25, 0.3) is 0 Å². The number of carbonyl (C=O) groups excluding carboxylic acids is 3. The van der Waals surface area contributed by atoms with Gasteiger partial charge in [0, 0.05) is 59.0 Å². The maximum atomic E-state index is 12.9. The predicted molar refractivity (Wildman–Crippen MR) is 199 cm³/mol. The molecule has 0 amide bonds. The van der Waals surface area contributed by atoms with Gasteiger partial charge in [0.1, 0.15) is 36.5 Å². The molecule has 18 nitrogen and oxygen atoms in total. The molecule has 2 rings (SSSR count). The fourth-order valence-electron chi connectivity index (χ4n) is 6.44. The van der Waals surface area contributed by atoms with Crippen molar-refractivity contribution in [2.45, 2.75) is 50.4 Å². The third-order valence-corrected chi connectivity index (χ3v) is 9.62. The van der Waals surface area contributed by atoms with E-state index < -0.39 is 67.9 Å². The monoisotopic (exact) mass is 786 g/mol. The molecule has 0 aliphatic carbocycles. The molecule has 0 bridgehead atoms. The van der Waals surface area contributed by atoms with Crippen LogP contribution in [0.1, 0.15) is 25.3 Å². The van der Waals surface area contributed by atoms with E-state index in [1.165, 1.54) is 21.3 Å². The zero-order valence-electron chi connectivity index (χ0n) is 32.7. The molecule has 0 spiro atoms. The highest BCUT2D eigenvalue weighted by Gasteiger charge is 2.35. The van der Waals surface area contributed by atoms with Crippen LogP contribution in [-0.4, -0.2) is 215 Å². The summed E-state index contributed by atoms with van der Waals surface area (Å²) in [5.74, 6) is -2.43. The van der Waals surface area contributed by atoms with Crippen LogP contribution in [0.3, 0.4) is 0 Å². The Bertz CT molecular complexity index is 1220. The summed E-state index contributed by atoms with van der Waals surface area (Å²) in [5, 5.41) is 41.1. The number of carbonyl (C=O) groups is 4. The van der Waals surface area contributed by atoms with E-state index in [1.807, 2.05) is 31.2 Å². The molecule has 1 aliphatic rings. The second-order valence-electron chi connectivity index (χ2n) is 12.9. The summed E-state index contributed by atoms with van der Waals surface area (Å²) in [6, 6.07) is 3.37. The molecular formula is C37H62N4O14. The van der Waals surface area contributed by atoms with E-state index in [0.717, 1.165) is 5.56 Å². The number of methoxy groups -OCH3 is 3. The van der Waals surface area contributed by atoms with Crippen LogP contribution in [0.2, 0.25) is 0 Å². The first kappa shape index (κ1) is 47.7. The molecule has 314 valence electrons. The maximum Gasteiger partial charge on any atom is 0.325 e. The Morgan fingerprint density at radius 2 is 0.982 bits per heavy atom. The van der Waals surface area contributed by atoms with Crippen molar-refractivity contribution in [3.8, 4) is 5.75 Å². The van der Waals surface area contributed by atoms with Crippen LogP contribution in [0.15, 0.2) is 24.3 Å². The number of aryl methyl sites for hydroxylation is 1. The van der Waals surface area contributed by atoms with Gasteiger partial charge in [0.15, 0.2) is 0 Å². The lowest BCUT2D eigenvalue weighted by Crippen LogP contribution is -2.57. The highest BCUT2D eigenvalue weighted by atomic mass is 16.5. The van der Waals surface area contributed by atoms with E-state index in [2.05, 4.69) is 0 Å². The first-order chi connectivity index (χ1) is 26.6. The molecule has 55 heavy (non-hydrogen) atoms. The predicted octanol–water partition coefficient (Wildman–Crippen LogP) is -1.28. The van der Waals surface area contributed by atoms with Gasteiger partial charge in [0.25, 0.3) is 0 Å². The minimum Gasteiger partial charge on any atom is -0.491 e. The van der Waals surface area contributed by atoms with E-state index in [1.54, 1.807) is 19.6 Å². The Hall–Kier alpha value is -3.46. The number of aliphatic hydroxyl groups is 3. The minimum absolute atomic E-state index is 0.109. The number of hydrogen-bond acceptors (Lipinski definition) is 17. The van der Waals surface area contributed by atoms with Crippen LogP contribution in [0, 0.1) is 0 Å². The highest BCUT2D eigenvalue weighted by molar-refractivity contribution is 5.77. The fraction of sp³-hybridized carbons (Fsp3) is 0.730. The second kappa shape index (κ2) is 27.2. The number of hydrogen-bond donors (Lipinski definition) is 4. The number of carboxylic acid groups (broad SMARTS) is 1. The first-order valence-electron chi connectivity index (χ1n) is 18.7. The van der Waals surface area contributed by atoms with Crippen molar-refractivity contribution in [1.82, 2.24) is 19.6 Å². The standard InChI is InChI=1S/C37H62N4O14/c1-5-53-21-22-54-23-24-55-29-11-9-28(10-12-29)7-6-8-30(34(45)46)38-13-15-39(31(25-42)35(47)50-2)17-19-41(33(27-44)37(49)52-4)20-18-40(16-14-38)32(26-43)36(48)51-3/h9-12,30-33,42-44H,5-8,13-27H2,1-4H3,(H,45,46)/t30-,31-,32-,33-/m0/s1. The van der Waals surface area contributed by atoms with Crippen molar-refractivity contribution >= 4 is 23.9 Å². The largest absolute Gasteiger partial charge is 0.491 e. The molecular weight excluding hydrogens is 724 g/mol. The molecule has 1 saturated heterocycles. The van der Waals surface area contributed by atoms with Gasteiger partial charge in [0.2, 0.25) is 0 Å². The average molecular weight is 787 g/mol. The van der Waals surface area contributed by atoms with Gasteiger partial charge in [-0.3, -0.25) is 38.8 Å². The van der Waals surface area contributed by atoms with Gasteiger partial charge in [-0.2, -0.15) is 0 Å². The van der Waals surface area contributed by atoms with Crippen molar-refractivity contribution < 1.29 is 68.0 Å². The fourth-order valence-corrected chi connectivity index (χ4v) is 6.44. The smallest absolute Gasteiger partial charge is 0.325 e. The molecule has 18 heteroatoms. The molecule has 0 unspecified atom stereocenters. The molecule has 4 N–H and O–H groups in total. The zero-order valence-corrected chi connectivity index (χ0v) is 32.7. The van der Waals surface area contributed by atoms with Gasteiger partial charge in [0.05, 0.1) is 61.0 Å². The third-order valence-electron chi connectivity index (χ3n) is 9.62. The first-order valence-corrected chi connectivity index (χ1v) is 18.7. The van der Waals surface area contributed by atoms with E-state index in [-0.39, 0.29) is 58.8 Å². The van der Waals surface area contributed by atoms with Crippen molar-refractivity contribution in [3.63, 3.8) is 0 Å². The van der Waals surface area contributed by atoms with Gasteiger partial charge in [-0.25, -0.2) is 0 Å². The third kappa shape index (κ3) is 16.3. The SMILES string of the molecule is CCOCCOCCOc1ccc(CCC[C@@H](C(=O)O)N2CCN([C@@H](CO)C(=O)OC)CCN([C@@H](CO)C(=O)OC)CCN([C@@H](CO)C(=O)OC)CC2)cc1. The normalized spacial score (nSPS) is 17.9. The Morgan fingerprint density at radius 3 is 1.35 bits per heavy atom. The number of aliphatic hydroxyl groups excluding tert-OH is 3. The molecule has 0 saturated carbocycles. The lowest BCUT2D eigenvalue weighted by molar-refractivity contribution is -0.153. The molecule has 1 aliphatic heterocycles. The summed E-state index contributed by atoms with van der Waals surface area (Å²) in [5.41, 5.74) is 1.00. The Labute approximate surface area is 323 Å². The molecule has 1 heterocycles. The maximum absolute atomic E-state index is 12.9. The van der Waals surface area contributed by atoms with Crippen LogP contribution < -0.4 is 4.74 Å². The Morgan fingerprint density at radius 1 is 0.600 bits per heavy atom. The van der Waals surface area contributed by atoms with Crippen molar-refractivity contribution in [2.24, 2.45) is 0 Å². The summed E-state index contributed by atoms with van der Waals surface area (Å²) >= 11 is 0. The molecule has 1 aromatic carbocycles. The van der Waals surface area contributed by atoms with Crippen molar-refractivity contribution in [3.05, 3.63) is 29.8 Å². The summed E-state index contributed by atoms with van der Waals surface area (Å²) in [7, 11) is 3.60. The lowest BCUT2D eigenvalue weighted by Gasteiger charge is -2.39. The van der Waals surface area contributed by atoms with Crippen molar-refractivity contribution in [2.75, 3.05) is 127 Å². The van der Waals surface area contributed by atoms with Crippen LogP contribution in [-0.2, 0) is 49.3 Å². The van der Waals surface area contributed by atoms with Crippen molar-refractivity contribution in [1.29, 1.82) is 0 Å². The van der Waals surface area contributed by atoms with E-state index >= 15 is 0 Å². The molecule has 4 atom stereocenters. The number of aliphatic carboxylic acids is 1. The highest BCUT2D eigenvalue weighted by Crippen LogP contribution is 2.18. The van der Waals surface area contributed by atoms with Gasteiger partial charge in [-0.15, -0.1) is 0 Å². The topological polar surface area (TPSA) is 218 Å². The summed E-state index contributed by atoms with van der Waals surface area (Å²) in [4.78, 5) is 57.8. The molecule has 0 aromatic heterocycles. The summed E-state index contributed by atoms with van der Waals surface area (Å²) in [6.45, 7) is 3.66. The van der Waals surface area contributed by atoms with E-state index in [0.29, 0.717) is 51.6 Å². The average Bonchev–Trinajstić information content (AvgIpc) is 3.19. The summed E-state index contributed by atoms with van der Waals surface area (Å²) < 4.78 is 31.3. The Kier molecular flexibility index (Phi) is 23.6. The summed E-state index contributed by atoms with van der Waals surface area (Å²) in [6.07, 6.45) is 1.41. The number of benzene rings is 1. The number of nitrogens with zero attached hydrogens (tertiary/aromatic N) is 4. The van der Waals surface area contributed by atoms with Gasteiger partial charge >= 0.3 is 23.9 Å². The molecule has 1 fully saturated rings. The van der Waals surface area contributed by atoms with Gasteiger partial charge < -0.3 is 48.8 Å². The second-order valence-corrected chi connectivity index (χ2v) is 12.9. The number of esters is 3. The minimum atomic E-state index is -1.08. The van der Waals surface area contributed by atoms with Crippen LogP contribution in [0.4, 0.5) is 0 Å². The molecule has 0 radical (unpaired) electrons. The van der Waals surface area contributed by atoms with Gasteiger partial charge in [-0.05, 0) is 43.9 Å². The zero-order chi connectivity index (χ0) is 40.6. The van der Waals surface area contributed by atoms with E-state index in [4.69, 9.17) is 28.4 Å². The number of ether oxygens (including phenoxy) is 6. The number of carboxylic acids is 1. The quantitative estimate of drug-likeness (QED) is 0.0577.